The number of benzene rings is 1. The maximum absolute atomic E-state index is 3.73. The molecule has 1 rings (SSSR count). The Morgan fingerprint density at radius 1 is 1.15 bits per heavy atom. The number of hydrogen-bond acceptors (Lipinski definition) is 2. The molecule has 1 aromatic rings. The summed E-state index contributed by atoms with van der Waals surface area (Å²) in [5.41, 5.74) is 2.84. The van der Waals surface area contributed by atoms with Gasteiger partial charge in [0.05, 0.1) is 0 Å². The smallest absolute Gasteiger partial charge is 0.0452 e. The summed E-state index contributed by atoms with van der Waals surface area (Å²) in [4.78, 5) is 2.58. The molecule has 0 radical (unpaired) electrons. The average Bonchev–Trinajstić information content (AvgIpc) is 2.48. The van der Waals surface area contributed by atoms with Crippen molar-refractivity contribution in [2.24, 2.45) is 0 Å². The molecule has 2 unspecified atom stereocenters. The topological polar surface area (TPSA) is 15.3 Å². The Hall–Kier alpha value is -0.860. The summed E-state index contributed by atoms with van der Waals surface area (Å²) < 4.78 is 0. The second-order valence-electron chi connectivity index (χ2n) is 5.71. The van der Waals surface area contributed by atoms with Crippen molar-refractivity contribution in [2.75, 3.05) is 19.6 Å². The normalized spacial score (nSPS) is 14.5. The fourth-order valence-corrected chi connectivity index (χ4v) is 2.68. The second kappa shape index (κ2) is 9.15. The largest absolute Gasteiger partial charge is 0.309 e. The molecular formula is C18H32N2. The number of nitrogens with zero attached hydrogens (tertiary/aromatic N) is 1. The van der Waals surface area contributed by atoms with Gasteiger partial charge in [0, 0.05) is 18.6 Å². The van der Waals surface area contributed by atoms with Crippen LogP contribution in [0.5, 0.6) is 0 Å². The van der Waals surface area contributed by atoms with Gasteiger partial charge in [-0.05, 0) is 50.9 Å². The van der Waals surface area contributed by atoms with Crippen LogP contribution >= 0.6 is 0 Å². The van der Waals surface area contributed by atoms with Gasteiger partial charge in [-0.3, -0.25) is 4.90 Å². The molecule has 2 nitrogen and oxygen atoms in total. The standard InChI is InChI=1S/C18H32N2/c1-6-13-19-18(14-20(8-3)16(5)7-2)17-12-10-9-11-15(17)4/h9-12,16,18-19H,6-8,13-14H2,1-5H3. The highest BCUT2D eigenvalue weighted by Gasteiger charge is 2.18. The first-order valence-corrected chi connectivity index (χ1v) is 8.16. The van der Waals surface area contributed by atoms with E-state index in [1.807, 2.05) is 0 Å². The summed E-state index contributed by atoms with van der Waals surface area (Å²) in [5, 5.41) is 3.73. The van der Waals surface area contributed by atoms with E-state index in [4.69, 9.17) is 0 Å². The van der Waals surface area contributed by atoms with E-state index < -0.39 is 0 Å². The summed E-state index contributed by atoms with van der Waals surface area (Å²) in [6.45, 7) is 14.6. The highest BCUT2D eigenvalue weighted by molar-refractivity contribution is 5.29. The molecule has 1 N–H and O–H groups in total. The molecule has 20 heavy (non-hydrogen) atoms. The van der Waals surface area contributed by atoms with Crippen LogP contribution in [0, 0.1) is 6.92 Å². The van der Waals surface area contributed by atoms with E-state index in [2.05, 4.69) is 69.1 Å². The molecule has 0 aromatic heterocycles. The summed E-state index contributed by atoms with van der Waals surface area (Å²) in [6, 6.07) is 9.85. The van der Waals surface area contributed by atoms with Crippen LogP contribution in [0.4, 0.5) is 0 Å². The third-order valence-corrected chi connectivity index (χ3v) is 4.24. The first-order valence-electron chi connectivity index (χ1n) is 8.16. The number of hydrogen-bond donors (Lipinski definition) is 1. The Kier molecular flexibility index (Phi) is 7.86. The minimum Gasteiger partial charge on any atom is -0.309 e. The van der Waals surface area contributed by atoms with E-state index in [0.29, 0.717) is 12.1 Å². The van der Waals surface area contributed by atoms with Crippen LogP contribution < -0.4 is 5.32 Å². The lowest BCUT2D eigenvalue weighted by atomic mass is 10.00. The fourth-order valence-electron chi connectivity index (χ4n) is 2.68. The van der Waals surface area contributed by atoms with E-state index in [1.165, 1.54) is 24.0 Å². The van der Waals surface area contributed by atoms with Crippen molar-refractivity contribution < 1.29 is 0 Å². The predicted octanol–water partition coefficient (Wildman–Crippen LogP) is 4.16. The Labute approximate surface area is 125 Å². The van der Waals surface area contributed by atoms with Gasteiger partial charge in [0.2, 0.25) is 0 Å². The third kappa shape index (κ3) is 4.92. The lowest BCUT2D eigenvalue weighted by molar-refractivity contribution is 0.191. The molecule has 2 atom stereocenters. The van der Waals surface area contributed by atoms with E-state index >= 15 is 0 Å². The van der Waals surface area contributed by atoms with Crippen molar-refractivity contribution in [1.29, 1.82) is 0 Å². The minimum atomic E-state index is 0.435. The zero-order valence-electron chi connectivity index (χ0n) is 13.9. The summed E-state index contributed by atoms with van der Waals surface area (Å²) >= 11 is 0. The highest BCUT2D eigenvalue weighted by atomic mass is 15.2. The Morgan fingerprint density at radius 2 is 1.85 bits per heavy atom. The van der Waals surface area contributed by atoms with Gasteiger partial charge in [-0.2, -0.15) is 0 Å². The SMILES string of the molecule is CCCNC(CN(CC)C(C)CC)c1ccccc1C. The average molecular weight is 276 g/mol. The molecule has 0 aliphatic rings. The summed E-state index contributed by atoms with van der Waals surface area (Å²) in [6.07, 6.45) is 2.39. The second-order valence-corrected chi connectivity index (χ2v) is 5.71. The molecule has 0 spiro atoms. The third-order valence-electron chi connectivity index (χ3n) is 4.24. The van der Waals surface area contributed by atoms with E-state index in [0.717, 1.165) is 19.6 Å². The van der Waals surface area contributed by atoms with Crippen molar-refractivity contribution in [3.63, 3.8) is 0 Å². The van der Waals surface area contributed by atoms with E-state index in [1.54, 1.807) is 0 Å². The Bertz CT molecular complexity index is 375. The van der Waals surface area contributed by atoms with Gasteiger partial charge in [-0.15, -0.1) is 0 Å². The van der Waals surface area contributed by atoms with Crippen LogP contribution in [0.25, 0.3) is 0 Å². The van der Waals surface area contributed by atoms with Crippen LogP contribution in [-0.2, 0) is 0 Å². The maximum atomic E-state index is 3.73. The zero-order chi connectivity index (χ0) is 15.0. The lowest BCUT2D eigenvalue weighted by Gasteiger charge is -2.32. The first kappa shape index (κ1) is 17.2. The minimum absolute atomic E-state index is 0.435. The molecule has 114 valence electrons. The van der Waals surface area contributed by atoms with E-state index in [9.17, 15) is 0 Å². The van der Waals surface area contributed by atoms with Gasteiger partial charge in [0.15, 0.2) is 0 Å². The Balaban J connectivity index is 2.86. The summed E-state index contributed by atoms with van der Waals surface area (Å²) in [5.74, 6) is 0. The van der Waals surface area contributed by atoms with Gasteiger partial charge in [-0.1, -0.05) is 45.0 Å². The molecule has 0 saturated heterocycles. The molecule has 0 fully saturated rings. The molecular weight excluding hydrogens is 244 g/mol. The zero-order valence-corrected chi connectivity index (χ0v) is 13.9. The van der Waals surface area contributed by atoms with E-state index in [-0.39, 0.29) is 0 Å². The number of likely N-dealkylation sites (N-methyl/N-ethyl adjacent to an activating group) is 1. The Morgan fingerprint density at radius 3 is 2.40 bits per heavy atom. The lowest BCUT2D eigenvalue weighted by Crippen LogP contribution is -2.40. The molecule has 2 heteroatoms. The van der Waals surface area contributed by atoms with Gasteiger partial charge in [-0.25, -0.2) is 0 Å². The predicted molar refractivity (Wildman–Crippen MR) is 89.2 cm³/mol. The number of rotatable bonds is 9. The van der Waals surface area contributed by atoms with Crippen molar-refractivity contribution >= 4 is 0 Å². The quantitative estimate of drug-likeness (QED) is 0.728. The van der Waals surface area contributed by atoms with Crippen molar-refractivity contribution in [2.45, 2.75) is 59.5 Å². The van der Waals surface area contributed by atoms with Crippen molar-refractivity contribution in [3.05, 3.63) is 35.4 Å². The van der Waals surface area contributed by atoms with Crippen molar-refractivity contribution in [1.82, 2.24) is 10.2 Å². The van der Waals surface area contributed by atoms with Gasteiger partial charge >= 0.3 is 0 Å². The molecule has 1 aromatic carbocycles. The molecule has 0 saturated carbocycles. The molecule has 0 bridgehead atoms. The molecule has 0 aliphatic heterocycles. The molecule has 0 heterocycles. The van der Waals surface area contributed by atoms with Crippen molar-refractivity contribution in [3.8, 4) is 0 Å². The van der Waals surface area contributed by atoms with Gasteiger partial charge in [0.25, 0.3) is 0 Å². The summed E-state index contributed by atoms with van der Waals surface area (Å²) in [7, 11) is 0. The number of aryl methyl sites for hydroxylation is 1. The number of nitrogens with one attached hydrogen (secondary N) is 1. The molecule has 0 aliphatic carbocycles. The van der Waals surface area contributed by atoms with Crippen LogP contribution in [-0.4, -0.2) is 30.6 Å². The highest BCUT2D eigenvalue weighted by Crippen LogP contribution is 2.20. The molecule has 0 amide bonds. The maximum Gasteiger partial charge on any atom is 0.0452 e. The monoisotopic (exact) mass is 276 g/mol. The van der Waals surface area contributed by atoms with Gasteiger partial charge < -0.3 is 5.32 Å². The fraction of sp³-hybridized carbons (Fsp3) is 0.667. The van der Waals surface area contributed by atoms with Crippen LogP contribution in [0.15, 0.2) is 24.3 Å². The van der Waals surface area contributed by atoms with Crippen LogP contribution in [0.3, 0.4) is 0 Å². The van der Waals surface area contributed by atoms with Crippen LogP contribution in [0.1, 0.15) is 57.7 Å². The first-order chi connectivity index (χ1) is 9.63. The van der Waals surface area contributed by atoms with Crippen LogP contribution in [0.2, 0.25) is 0 Å². The van der Waals surface area contributed by atoms with Gasteiger partial charge in [0.1, 0.15) is 0 Å².